The second-order valence-corrected chi connectivity index (χ2v) is 3.75. The summed E-state index contributed by atoms with van der Waals surface area (Å²) >= 11 is 0. The first-order valence-corrected chi connectivity index (χ1v) is 5.43. The minimum Gasteiger partial charge on any atom is -0.469 e. The molecule has 0 radical (unpaired) electrons. The second kappa shape index (κ2) is 5.59. The highest BCUT2D eigenvalue weighted by Gasteiger charge is 2.02. The average Bonchev–Trinajstić information content (AvgIpc) is 2.82. The van der Waals surface area contributed by atoms with Gasteiger partial charge in [-0.05, 0) is 29.8 Å². The highest BCUT2D eigenvalue weighted by atomic mass is 19.2. The fraction of sp³-hybridized carbons (Fsp3) is 0.231. The van der Waals surface area contributed by atoms with Gasteiger partial charge in [0.25, 0.3) is 0 Å². The summed E-state index contributed by atoms with van der Waals surface area (Å²) < 4.78 is 30.7. The van der Waals surface area contributed by atoms with Gasteiger partial charge < -0.3 is 9.73 Å². The molecule has 1 N–H and O–H groups in total. The van der Waals surface area contributed by atoms with Crippen LogP contribution >= 0.6 is 0 Å². The predicted molar refractivity (Wildman–Crippen MR) is 60.5 cm³/mol. The summed E-state index contributed by atoms with van der Waals surface area (Å²) in [6, 6.07) is 7.65. The molecule has 17 heavy (non-hydrogen) atoms. The SMILES string of the molecule is Fc1ccc(CNCCc2ccco2)cc1F. The average molecular weight is 237 g/mol. The fourth-order valence-corrected chi connectivity index (χ4v) is 1.55. The number of rotatable bonds is 5. The van der Waals surface area contributed by atoms with Crippen molar-refractivity contribution in [3.63, 3.8) is 0 Å². The Labute approximate surface area is 98.3 Å². The molecule has 0 fully saturated rings. The molecule has 2 nitrogen and oxygen atoms in total. The summed E-state index contributed by atoms with van der Waals surface area (Å²) in [4.78, 5) is 0. The standard InChI is InChI=1S/C13H13F2NO/c14-12-4-3-10(8-13(12)15)9-16-6-5-11-2-1-7-17-11/h1-4,7-8,16H,5-6,9H2. The zero-order valence-corrected chi connectivity index (χ0v) is 9.25. The highest BCUT2D eigenvalue weighted by Crippen LogP contribution is 2.08. The van der Waals surface area contributed by atoms with Gasteiger partial charge in [0.1, 0.15) is 5.76 Å². The lowest BCUT2D eigenvalue weighted by atomic mass is 10.2. The maximum atomic E-state index is 12.9. The minimum atomic E-state index is -0.815. The Morgan fingerprint density at radius 3 is 2.71 bits per heavy atom. The van der Waals surface area contributed by atoms with Crippen molar-refractivity contribution in [2.24, 2.45) is 0 Å². The molecule has 0 spiro atoms. The van der Waals surface area contributed by atoms with Crippen molar-refractivity contribution >= 4 is 0 Å². The van der Waals surface area contributed by atoms with Crippen LogP contribution < -0.4 is 5.32 Å². The Morgan fingerprint density at radius 2 is 2.00 bits per heavy atom. The lowest BCUT2D eigenvalue weighted by molar-refractivity contribution is 0.496. The van der Waals surface area contributed by atoms with E-state index in [0.717, 1.165) is 30.4 Å². The topological polar surface area (TPSA) is 25.2 Å². The minimum absolute atomic E-state index is 0.512. The van der Waals surface area contributed by atoms with Crippen molar-refractivity contribution in [1.29, 1.82) is 0 Å². The number of furan rings is 1. The van der Waals surface area contributed by atoms with Gasteiger partial charge in [0.15, 0.2) is 11.6 Å². The van der Waals surface area contributed by atoms with Crippen LogP contribution in [-0.2, 0) is 13.0 Å². The Balaban J connectivity index is 1.76. The Morgan fingerprint density at radius 1 is 1.12 bits per heavy atom. The predicted octanol–water partition coefficient (Wildman–Crippen LogP) is 2.89. The third-order valence-electron chi connectivity index (χ3n) is 2.44. The van der Waals surface area contributed by atoms with E-state index in [1.165, 1.54) is 6.07 Å². The van der Waals surface area contributed by atoms with Crippen molar-refractivity contribution in [3.05, 3.63) is 59.6 Å². The fourth-order valence-electron chi connectivity index (χ4n) is 1.55. The first kappa shape index (κ1) is 11.8. The lowest BCUT2D eigenvalue weighted by Gasteiger charge is -2.04. The molecule has 1 aromatic carbocycles. The van der Waals surface area contributed by atoms with Gasteiger partial charge in [0, 0.05) is 19.5 Å². The van der Waals surface area contributed by atoms with Crippen LogP contribution in [-0.4, -0.2) is 6.54 Å². The van der Waals surface area contributed by atoms with E-state index >= 15 is 0 Å². The molecule has 0 bridgehead atoms. The third-order valence-corrected chi connectivity index (χ3v) is 2.44. The molecular weight excluding hydrogens is 224 g/mol. The highest BCUT2D eigenvalue weighted by molar-refractivity contribution is 5.17. The van der Waals surface area contributed by atoms with Gasteiger partial charge in [0.2, 0.25) is 0 Å². The molecule has 0 aliphatic carbocycles. The molecule has 0 aliphatic heterocycles. The van der Waals surface area contributed by atoms with Crippen molar-refractivity contribution < 1.29 is 13.2 Å². The third kappa shape index (κ3) is 3.39. The van der Waals surface area contributed by atoms with Gasteiger partial charge in [-0.1, -0.05) is 6.07 Å². The second-order valence-electron chi connectivity index (χ2n) is 3.75. The van der Waals surface area contributed by atoms with Crippen LogP contribution in [0.4, 0.5) is 8.78 Å². The Bertz CT molecular complexity index is 468. The molecule has 2 rings (SSSR count). The van der Waals surface area contributed by atoms with E-state index in [0.29, 0.717) is 6.54 Å². The molecule has 0 aliphatic rings. The molecule has 0 saturated heterocycles. The maximum absolute atomic E-state index is 12.9. The van der Waals surface area contributed by atoms with E-state index in [9.17, 15) is 8.78 Å². The smallest absolute Gasteiger partial charge is 0.159 e. The monoisotopic (exact) mass is 237 g/mol. The van der Waals surface area contributed by atoms with Crippen LogP contribution in [0.2, 0.25) is 0 Å². The number of nitrogens with one attached hydrogen (secondary N) is 1. The molecule has 0 amide bonds. The van der Waals surface area contributed by atoms with Crippen molar-refractivity contribution in [2.75, 3.05) is 6.54 Å². The first-order valence-electron chi connectivity index (χ1n) is 5.43. The molecule has 1 heterocycles. The van der Waals surface area contributed by atoms with Crippen molar-refractivity contribution in [3.8, 4) is 0 Å². The summed E-state index contributed by atoms with van der Waals surface area (Å²) in [5, 5.41) is 3.14. The van der Waals surface area contributed by atoms with Crippen molar-refractivity contribution in [1.82, 2.24) is 5.32 Å². The molecule has 90 valence electrons. The molecule has 0 unspecified atom stereocenters. The number of hydrogen-bond donors (Lipinski definition) is 1. The Hall–Kier alpha value is -1.68. The van der Waals surface area contributed by atoms with Crippen LogP contribution in [0, 0.1) is 11.6 Å². The van der Waals surface area contributed by atoms with E-state index in [2.05, 4.69) is 5.32 Å². The molecule has 2 aromatic rings. The van der Waals surface area contributed by atoms with Gasteiger partial charge >= 0.3 is 0 Å². The maximum Gasteiger partial charge on any atom is 0.159 e. The summed E-state index contributed by atoms with van der Waals surface area (Å²) in [6.07, 6.45) is 2.40. The van der Waals surface area contributed by atoms with Crippen molar-refractivity contribution in [2.45, 2.75) is 13.0 Å². The van der Waals surface area contributed by atoms with Crippen LogP contribution in [0.3, 0.4) is 0 Å². The zero-order chi connectivity index (χ0) is 12.1. The van der Waals surface area contributed by atoms with Gasteiger partial charge in [0.05, 0.1) is 6.26 Å². The summed E-state index contributed by atoms with van der Waals surface area (Å²) in [7, 11) is 0. The number of halogens is 2. The first-order chi connectivity index (χ1) is 8.25. The van der Waals surface area contributed by atoms with Crippen LogP contribution in [0.25, 0.3) is 0 Å². The van der Waals surface area contributed by atoms with E-state index in [1.54, 1.807) is 12.3 Å². The van der Waals surface area contributed by atoms with Gasteiger partial charge in [-0.2, -0.15) is 0 Å². The quantitative estimate of drug-likeness (QED) is 0.809. The van der Waals surface area contributed by atoms with E-state index in [1.807, 2.05) is 12.1 Å². The van der Waals surface area contributed by atoms with Gasteiger partial charge in [-0.15, -0.1) is 0 Å². The zero-order valence-electron chi connectivity index (χ0n) is 9.25. The van der Waals surface area contributed by atoms with Crippen LogP contribution in [0.5, 0.6) is 0 Å². The number of benzene rings is 1. The van der Waals surface area contributed by atoms with Crippen LogP contribution in [0.15, 0.2) is 41.0 Å². The summed E-state index contributed by atoms with van der Waals surface area (Å²) in [5.74, 6) is -0.720. The molecule has 0 saturated carbocycles. The molecule has 1 aromatic heterocycles. The van der Waals surface area contributed by atoms with Gasteiger partial charge in [-0.3, -0.25) is 0 Å². The van der Waals surface area contributed by atoms with Gasteiger partial charge in [-0.25, -0.2) is 8.78 Å². The molecular formula is C13H13F2NO. The van der Waals surface area contributed by atoms with E-state index in [4.69, 9.17) is 4.42 Å². The Kier molecular flexibility index (Phi) is 3.88. The largest absolute Gasteiger partial charge is 0.469 e. The number of hydrogen-bond acceptors (Lipinski definition) is 2. The summed E-state index contributed by atoms with van der Waals surface area (Å²) in [6.45, 7) is 1.24. The normalized spacial score (nSPS) is 10.7. The molecule has 4 heteroatoms. The van der Waals surface area contributed by atoms with Crippen LogP contribution in [0.1, 0.15) is 11.3 Å². The van der Waals surface area contributed by atoms with E-state index < -0.39 is 11.6 Å². The summed E-state index contributed by atoms with van der Waals surface area (Å²) in [5.41, 5.74) is 0.725. The lowest BCUT2D eigenvalue weighted by Crippen LogP contribution is -2.16. The van der Waals surface area contributed by atoms with E-state index in [-0.39, 0.29) is 0 Å². The molecule has 0 atom stereocenters.